The zero-order valence-electron chi connectivity index (χ0n) is 50.9. The lowest BCUT2D eigenvalue weighted by molar-refractivity contribution is -0.870. The SMILES string of the molecule is CCCCC/C=C\C/C=C\C/C=C\C/C=C\CCCCCC(=O)NC(COP(=O)(O)OCC[N+](C)(C)C)C(/C=C/CCCCCCCCCCC)OC(=O)CCCCCCCCCCCCC/C=C\C/C=C\CCCCC. The first-order chi connectivity index (χ1) is 37.4. The Kier molecular flexibility index (Phi) is 54.4. The van der Waals surface area contributed by atoms with Crippen LogP contribution in [0.3, 0.4) is 0 Å². The number of carbonyl (C=O) groups excluding carboxylic acids is 2. The van der Waals surface area contributed by atoms with Crippen molar-refractivity contribution in [3.05, 3.63) is 85.1 Å². The van der Waals surface area contributed by atoms with Crippen molar-refractivity contribution in [2.75, 3.05) is 40.9 Å². The van der Waals surface area contributed by atoms with Gasteiger partial charge >= 0.3 is 13.8 Å². The number of hydrogen-bond acceptors (Lipinski definition) is 6. The Balaban J connectivity index is 5.24. The van der Waals surface area contributed by atoms with Gasteiger partial charge < -0.3 is 19.4 Å². The molecule has 1 amide bonds. The van der Waals surface area contributed by atoms with E-state index in [1.165, 1.54) is 154 Å². The molecule has 0 heterocycles. The number of nitrogens with zero attached hydrogens (tertiary/aromatic N) is 1. The van der Waals surface area contributed by atoms with E-state index in [-0.39, 0.29) is 31.5 Å². The maximum atomic E-state index is 13.5. The van der Waals surface area contributed by atoms with Crippen LogP contribution in [-0.4, -0.2) is 74.3 Å². The third kappa shape index (κ3) is 57.7. The molecule has 0 aromatic heterocycles. The fraction of sp³-hybridized carbons (Fsp3) is 0.761. The smallest absolute Gasteiger partial charge is 0.456 e. The molecule has 0 spiro atoms. The van der Waals surface area contributed by atoms with Gasteiger partial charge in [-0.25, -0.2) is 4.57 Å². The number of allylic oxidation sites excluding steroid dienone is 13. The van der Waals surface area contributed by atoms with Crippen LogP contribution in [0.2, 0.25) is 0 Å². The molecule has 0 fully saturated rings. The second-order valence-corrected chi connectivity index (χ2v) is 24.0. The van der Waals surface area contributed by atoms with Crippen LogP contribution in [0.25, 0.3) is 0 Å². The van der Waals surface area contributed by atoms with Gasteiger partial charge in [0.05, 0.1) is 33.8 Å². The Bertz CT molecular complexity index is 1590. The summed E-state index contributed by atoms with van der Waals surface area (Å²) < 4.78 is 30.7. The van der Waals surface area contributed by atoms with E-state index < -0.39 is 20.0 Å². The van der Waals surface area contributed by atoms with Gasteiger partial charge in [0, 0.05) is 12.8 Å². The van der Waals surface area contributed by atoms with Crippen LogP contribution in [0.4, 0.5) is 0 Å². The molecule has 0 rings (SSSR count). The van der Waals surface area contributed by atoms with Crippen molar-refractivity contribution in [3.63, 3.8) is 0 Å². The number of quaternary nitrogens is 1. The minimum atomic E-state index is -4.46. The summed E-state index contributed by atoms with van der Waals surface area (Å²) in [6, 6.07) is -0.869. The monoisotopic (exact) mass is 1100 g/mol. The Morgan fingerprint density at radius 2 is 0.792 bits per heavy atom. The average molecular weight is 1100 g/mol. The van der Waals surface area contributed by atoms with Crippen LogP contribution in [0, 0.1) is 0 Å². The maximum Gasteiger partial charge on any atom is 0.472 e. The van der Waals surface area contributed by atoms with Crippen molar-refractivity contribution in [1.29, 1.82) is 0 Å². The summed E-state index contributed by atoms with van der Waals surface area (Å²) >= 11 is 0. The molecule has 9 nitrogen and oxygen atoms in total. The highest BCUT2D eigenvalue weighted by molar-refractivity contribution is 7.47. The van der Waals surface area contributed by atoms with Gasteiger partial charge in [0.1, 0.15) is 19.3 Å². The van der Waals surface area contributed by atoms with Crippen molar-refractivity contribution < 1.29 is 37.3 Å². The van der Waals surface area contributed by atoms with Crippen LogP contribution < -0.4 is 5.32 Å². The minimum absolute atomic E-state index is 0.0304. The standard InChI is InChI=1S/C67H121N2O7P/c1-7-10-13-16-19-22-25-27-29-31-33-34-36-38-40-42-45-48-51-54-57-60-67(71)76-65(58-55-52-49-46-43-24-21-18-15-12-9-3)64(63-75-77(72,73)74-62-61-69(4,5)6)68-66(70)59-56-53-50-47-44-41-39-37-35-32-30-28-26-23-20-17-14-11-8-2/h19-20,22-23,27-30,35,37,41,44,55,58,64-65H,7-18,21,24-26,31-34,36,38-40,42-43,45-54,56-57,59-63H2,1-6H3,(H-,68,70,72,73)/p+1/b22-19-,23-20-,29-27-,30-28-,37-35-,44-41-,58-55+. The van der Waals surface area contributed by atoms with Crippen LogP contribution in [0.15, 0.2) is 85.1 Å². The van der Waals surface area contributed by atoms with Crippen molar-refractivity contribution in [2.45, 2.75) is 290 Å². The Morgan fingerprint density at radius 3 is 1.22 bits per heavy atom. The molecule has 446 valence electrons. The van der Waals surface area contributed by atoms with Gasteiger partial charge in [-0.15, -0.1) is 0 Å². The lowest BCUT2D eigenvalue weighted by Gasteiger charge is -2.27. The largest absolute Gasteiger partial charge is 0.472 e. The third-order valence-corrected chi connectivity index (χ3v) is 14.8. The summed E-state index contributed by atoms with van der Waals surface area (Å²) in [7, 11) is 1.47. The summed E-state index contributed by atoms with van der Waals surface area (Å²) in [5.41, 5.74) is 0. The summed E-state index contributed by atoms with van der Waals surface area (Å²) in [5.74, 6) is -0.543. The zero-order valence-corrected chi connectivity index (χ0v) is 51.8. The molecule has 10 heteroatoms. The van der Waals surface area contributed by atoms with Crippen LogP contribution in [-0.2, 0) is 27.9 Å². The van der Waals surface area contributed by atoms with E-state index in [4.69, 9.17) is 13.8 Å². The molecule has 2 N–H and O–H groups in total. The van der Waals surface area contributed by atoms with Crippen molar-refractivity contribution in [1.82, 2.24) is 5.32 Å². The molecule has 77 heavy (non-hydrogen) atoms. The molecule has 3 unspecified atom stereocenters. The summed E-state index contributed by atoms with van der Waals surface area (Å²) in [6.07, 6.45) is 74.4. The number of phosphoric acid groups is 1. The van der Waals surface area contributed by atoms with Gasteiger partial charge in [-0.2, -0.15) is 0 Å². The Morgan fingerprint density at radius 1 is 0.455 bits per heavy atom. The highest BCUT2D eigenvalue weighted by Crippen LogP contribution is 2.43. The highest BCUT2D eigenvalue weighted by atomic mass is 31.2. The quantitative estimate of drug-likeness (QED) is 0.0205. The third-order valence-electron chi connectivity index (χ3n) is 13.8. The maximum absolute atomic E-state index is 13.5. The number of esters is 1. The first-order valence-electron chi connectivity index (χ1n) is 31.9. The van der Waals surface area contributed by atoms with Crippen molar-refractivity contribution in [3.8, 4) is 0 Å². The molecule has 0 aliphatic carbocycles. The summed E-state index contributed by atoms with van der Waals surface area (Å²) in [4.78, 5) is 37.7. The first-order valence-corrected chi connectivity index (χ1v) is 33.4. The molecule has 0 bridgehead atoms. The molecule has 0 aromatic carbocycles. The Labute approximate surface area is 476 Å². The second-order valence-electron chi connectivity index (χ2n) is 22.6. The van der Waals surface area contributed by atoms with E-state index in [9.17, 15) is 19.0 Å². The van der Waals surface area contributed by atoms with Gasteiger partial charge in [-0.3, -0.25) is 18.6 Å². The van der Waals surface area contributed by atoms with Gasteiger partial charge in [0.15, 0.2) is 0 Å². The summed E-state index contributed by atoms with van der Waals surface area (Å²) in [6.45, 7) is 6.93. The topological polar surface area (TPSA) is 111 Å². The van der Waals surface area contributed by atoms with Gasteiger partial charge in [-0.1, -0.05) is 241 Å². The number of unbranched alkanes of at least 4 members (excludes halogenated alkanes) is 29. The molecule has 0 aliphatic heterocycles. The first kappa shape index (κ1) is 74.2. The molecule has 0 aromatic rings. The molecule has 0 saturated heterocycles. The predicted molar refractivity (Wildman–Crippen MR) is 332 cm³/mol. The zero-order chi connectivity index (χ0) is 56.4. The Hall–Kier alpha value is -2.81. The van der Waals surface area contributed by atoms with Crippen LogP contribution >= 0.6 is 7.82 Å². The van der Waals surface area contributed by atoms with E-state index in [0.29, 0.717) is 23.9 Å². The van der Waals surface area contributed by atoms with Gasteiger partial charge in [0.25, 0.3) is 0 Å². The fourth-order valence-electron chi connectivity index (χ4n) is 8.84. The number of phosphoric ester groups is 1. The molecule has 0 radical (unpaired) electrons. The van der Waals surface area contributed by atoms with E-state index in [2.05, 4.69) is 99.0 Å². The molecular weight excluding hydrogens is 976 g/mol. The second kappa shape index (κ2) is 56.5. The fourth-order valence-corrected chi connectivity index (χ4v) is 9.57. The van der Waals surface area contributed by atoms with E-state index in [1.54, 1.807) is 0 Å². The van der Waals surface area contributed by atoms with Gasteiger partial charge in [-0.05, 0) is 109 Å². The number of hydrogen-bond donors (Lipinski definition) is 2. The van der Waals surface area contributed by atoms with Crippen molar-refractivity contribution >= 4 is 19.7 Å². The minimum Gasteiger partial charge on any atom is -0.456 e. The molecule has 0 aliphatic rings. The normalized spacial score (nSPS) is 14.2. The summed E-state index contributed by atoms with van der Waals surface area (Å²) in [5, 5.41) is 3.04. The average Bonchev–Trinajstić information content (AvgIpc) is 3.39. The highest BCUT2D eigenvalue weighted by Gasteiger charge is 2.30. The van der Waals surface area contributed by atoms with E-state index >= 15 is 0 Å². The number of likely N-dealkylation sites (N-methyl/N-ethyl adjacent to an activating group) is 1. The van der Waals surface area contributed by atoms with E-state index in [1.807, 2.05) is 33.3 Å². The molecule has 0 saturated carbocycles. The lowest BCUT2D eigenvalue weighted by atomic mass is 10.0. The molecule has 3 atom stereocenters. The van der Waals surface area contributed by atoms with Crippen LogP contribution in [0.1, 0.15) is 278 Å². The number of nitrogens with one attached hydrogen (secondary N) is 1. The molecular formula is C67H122N2O7P+. The number of amides is 1. The predicted octanol–water partition coefficient (Wildman–Crippen LogP) is 19.8. The lowest BCUT2D eigenvalue weighted by Crippen LogP contribution is -2.47. The van der Waals surface area contributed by atoms with Gasteiger partial charge in [0.2, 0.25) is 5.91 Å². The van der Waals surface area contributed by atoms with Crippen LogP contribution in [0.5, 0.6) is 0 Å². The number of rotatable bonds is 57. The van der Waals surface area contributed by atoms with E-state index in [0.717, 1.165) is 83.5 Å². The number of carbonyl (C=O) groups is 2. The van der Waals surface area contributed by atoms with Crippen molar-refractivity contribution in [2.24, 2.45) is 0 Å². The number of ether oxygens (including phenoxy) is 1.